The van der Waals surface area contributed by atoms with Crippen molar-refractivity contribution >= 4 is 29.1 Å². The number of anilines is 2. The Kier molecular flexibility index (Phi) is 6.25. The first-order valence-electron chi connectivity index (χ1n) is 11.2. The molecule has 1 atom stereocenters. The van der Waals surface area contributed by atoms with Crippen molar-refractivity contribution in [2.24, 2.45) is 0 Å². The highest BCUT2D eigenvalue weighted by Gasteiger charge is 2.33. The van der Waals surface area contributed by atoms with Crippen LogP contribution in [0, 0.1) is 6.92 Å². The van der Waals surface area contributed by atoms with Gasteiger partial charge in [0.25, 0.3) is 5.91 Å². The highest BCUT2D eigenvalue weighted by Crippen LogP contribution is 2.36. The van der Waals surface area contributed by atoms with E-state index in [1.165, 1.54) is 6.33 Å². The first kappa shape index (κ1) is 22.7. The molecule has 8 heteroatoms. The summed E-state index contributed by atoms with van der Waals surface area (Å²) in [6.07, 6.45) is 1.48. The molecule has 3 aromatic carbocycles. The molecule has 35 heavy (non-hydrogen) atoms. The van der Waals surface area contributed by atoms with E-state index in [1.807, 2.05) is 86.6 Å². The lowest BCUT2D eigenvalue weighted by Crippen LogP contribution is -2.31. The number of nitrogens with zero attached hydrogens (tertiary/aromatic N) is 3. The number of rotatable bonds is 6. The van der Waals surface area contributed by atoms with Crippen molar-refractivity contribution in [2.75, 3.05) is 10.6 Å². The predicted molar refractivity (Wildman–Crippen MR) is 137 cm³/mol. The second kappa shape index (κ2) is 9.64. The summed E-state index contributed by atoms with van der Waals surface area (Å²) in [5.41, 5.74) is 4.98. The van der Waals surface area contributed by atoms with Crippen LogP contribution >= 0.6 is 11.6 Å². The molecule has 0 saturated carbocycles. The number of para-hydroxylation sites is 1. The molecule has 1 aromatic heterocycles. The summed E-state index contributed by atoms with van der Waals surface area (Å²) in [6, 6.07) is 22.5. The molecule has 0 spiro atoms. The van der Waals surface area contributed by atoms with E-state index in [1.54, 1.807) is 4.68 Å². The van der Waals surface area contributed by atoms with Gasteiger partial charge in [-0.15, -0.1) is 0 Å². The van der Waals surface area contributed by atoms with Crippen LogP contribution in [0.1, 0.15) is 29.7 Å². The van der Waals surface area contributed by atoms with E-state index in [2.05, 4.69) is 20.7 Å². The first-order chi connectivity index (χ1) is 17.0. The van der Waals surface area contributed by atoms with Gasteiger partial charge in [-0.2, -0.15) is 10.1 Å². The quantitative estimate of drug-likeness (QED) is 0.363. The molecule has 5 rings (SSSR count). The van der Waals surface area contributed by atoms with Gasteiger partial charge in [-0.1, -0.05) is 54.1 Å². The Balaban J connectivity index is 1.41. The molecular formula is C27H24ClN5O2. The zero-order valence-corrected chi connectivity index (χ0v) is 20.1. The minimum atomic E-state index is -0.442. The van der Waals surface area contributed by atoms with E-state index in [9.17, 15) is 4.79 Å². The van der Waals surface area contributed by atoms with Crippen LogP contribution < -0.4 is 15.4 Å². The molecule has 176 valence electrons. The Morgan fingerprint density at radius 3 is 2.54 bits per heavy atom. The van der Waals surface area contributed by atoms with E-state index in [-0.39, 0.29) is 5.91 Å². The Bertz CT molecular complexity index is 1390. The normalized spacial score (nSPS) is 14.8. The lowest BCUT2D eigenvalue weighted by Gasteiger charge is -2.29. The number of hydrogen-bond donors (Lipinski definition) is 2. The van der Waals surface area contributed by atoms with Crippen molar-refractivity contribution in [3.05, 3.63) is 112 Å². The Labute approximate surface area is 208 Å². The van der Waals surface area contributed by atoms with Crippen molar-refractivity contribution in [3.63, 3.8) is 0 Å². The number of carbonyl (C=O) groups is 1. The van der Waals surface area contributed by atoms with Crippen LogP contribution in [0.2, 0.25) is 5.02 Å². The number of nitrogens with one attached hydrogen (secondary N) is 2. The number of halogens is 1. The summed E-state index contributed by atoms with van der Waals surface area (Å²) in [7, 11) is 0. The number of ether oxygens (including phenoxy) is 1. The molecule has 0 saturated heterocycles. The highest BCUT2D eigenvalue weighted by atomic mass is 35.5. The van der Waals surface area contributed by atoms with Crippen molar-refractivity contribution in [1.82, 2.24) is 14.8 Å². The number of hydrogen-bond acceptors (Lipinski definition) is 5. The summed E-state index contributed by atoms with van der Waals surface area (Å²) in [4.78, 5) is 17.8. The van der Waals surface area contributed by atoms with Crippen molar-refractivity contribution in [3.8, 4) is 5.75 Å². The van der Waals surface area contributed by atoms with Crippen molar-refractivity contribution in [2.45, 2.75) is 26.5 Å². The monoisotopic (exact) mass is 485 g/mol. The number of amides is 1. The highest BCUT2D eigenvalue weighted by molar-refractivity contribution is 6.30. The number of aromatic nitrogens is 3. The lowest BCUT2D eigenvalue weighted by molar-refractivity contribution is -0.113. The van der Waals surface area contributed by atoms with E-state index in [0.29, 0.717) is 23.2 Å². The summed E-state index contributed by atoms with van der Waals surface area (Å²) < 4.78 is 7.66. The number of allylic oxidation sites excluding steroid dienone is 1. The van der Waals surface area contributed by atoms with Gasteiger partial charge in [-0.05, 0) is 60.9 Å². The van der Waals surface area contributed by atoms with Crippen LogP contribution in [-0.4, -0.2) is 20.7 Å². The third-order valence-corrected chi connectivity index (χ3v) is 6.20. The van der Waals surface area contributed by atoms with Gasteiger partial charge in [0.1, 0.15) is 24.7 Å². The summed E-state index contributed by atoms with van der Waals surface area (Å²) in [5, 5.41) is 11.3. The molecule has 0 unspecified atom stereocenters. The standard InChI is InChI=1S/C27H24ClN5O2/c1-17-5-3-4-6-23(17)32-26(34)24-18(2)31-27-29-16-30-33(27)25(24)20-9-13-22(14-10-20)35-15-19-7-11-21(28)12-8-19/h3-14,16,25H,15H2,1-2H3,(H,32,34)(H,29,30,31)/t25-/m1/s1. The molecule has 0 radical (unpaired) electrons. The van der Waals surface area contributed by atoms with Gasteiger partial charge in [-0.25, -0.2) is 4.68 Å². The third kappa shape index (κ3) is 4.76. The van der Waals surface area contributed by atoms with E-state index in [0.717, 1.165) is 33.8 Å². The number of carbonyl (C=O) groups excluding carboxylic acids is 1. The van der Waals surface area contributed by atoms with Crippen molar-refractivity contribution < 1.29 is 9.53 Å². The average Bonchev–Trinajstić information content (AvgIpc) is 3.32. The summed E-state index contributed by atoms with van der Waals surface area (Å²) in [5.74, 6) is 1.12. The van der Waals surface area contributed by atoms with Gasteiger partial charge in [0.2, 0.25) is 5.95 Å². The fourth-order valence-corrected chi connectivity index (χ4v) is 4.22. The number of benzene rings is 3. The minimum absolute atomic E-state index is 0.196. The molecule has 2 heterocycles. The Hall–Kier alpha value is -4.10. The molecule has 0 bridgehead atoms. The zero-order valence-electron chi connectivity index (χ0n) is 19.3. The largest absolute Gasteiger partial charge is 0.489 e. The smallest absolute Gasteiger partial charge is 0.255 e. The topological polar surface area (TPSA) is 81.1 Å². The van der Waals surface area contributed by atoms with Crippen LogP contribution in [0.15, 0.2) is 90.4 Å². The maximum absolute atomic E-state index is 13.5. The van der Waals surface area contributed by atoms with E-state index in [4.69, 9.17) is 16.3 Å². The average molecular weight is 486 g/mol. The zero-order chi connectivity index (χ0) is 24.4. The van der Waals surface area contributed by atoms with E-state index >= 15 is 0 Å². The van der Waals surface area contributed by atoms with Crippen LogP contribution in [0.3, 0.4) is 0 Å². The maximum Gasteiger partial charge on any atom is 0.255 e. The van der Waals surface area contributed by atoms with Gasteiger partial charge in [0.15, 0.2) is 0 Å². The van der Waals surface area contributed by atoms with Gasteiger partial charge >= 0.3 is 0 Å². The van der Waals surface area contributed by atoms with Crippen LogP contribution in [0.4, 0.5) is 11.6 Å². The second-order valence-corrected chi connectivity index (χ2v) is 8.78. The molecule has 1 amide bonds. The van der Waals surface area contributed by atoms with Crippen LogP contribution in [-0.2, 0) is 11.4 Å². The minimum Gasteiger partial charge on any atom is -0.489 e. The molecule has 4 aromatic rings. The number of fused-ring (bicyclic) bond motifs is 1. The summed E-state index contributed by atoms with van der Waals surface area (Å²) in [6.45, 7) is 4.27. The molecular weight excluding hydrogens is 462 g/mol. The SMILES string of the molecule is CC1=C(C(=O)Nc2ccccc2C)[C@@H](c2ccc(OCc3ccc(Cl)cc3)cc2)n2ncnc2N1. The van der Waals surface area contributed by atoms with Crippen molar-refractivity contribution in [1.29, 1.82) is 0 Å². The Morgan fingerprint density at radius 2 is 1.80 bits per heavy atom. The molecule has 0 aliphatic carbocycles. The summed E-state index contributed by atoms with van der Waals surface area (Å²) >= 11 is 5.96. The molecule has 1 aliphatic heterocycles. The fraction of sp³-hybridized carbons (Fsp3) is 0.148. The van der Waals surface area contributed by atoms with Crippen LogP contribution in [0.25, 0.3) is 0 Å². The number of aryl methyl sites for hydroxylation is 1. The van der Waals surface area contributed by atoms with Gasteiger partial charge in [-0.3, -0.25) is 4.79 Å². The first-order valence-corrected chi connectivity index (χ1v) is 11.6. The molecule has 7 nitrogen and oxygen atoms in total. The van der Waals surface area contributed by atoms with Gasteiger partial charge in [0, 0.05) is 16.4 Å². The fourth-order valence-electron chi connectivity index (χ4n) is 4.09. The predicted octanol–water partition coefficient (Wildman–Crippen LogP) is 5.75. The van der Waals surface area contributed by atoms with Gasteiger partial charge in [0.05, 0.1) is 5.57 Å². The Morgan fingerprint density at radius 1 is 1.06 bits per heavy atom. The lowest BCUT2D eigenvalue weighted by atomic mass is 9.95. The third-order valence-electron chi connectivity index (χ3n) is 5.95. The molecule has 1 aliphatic rings. The molecule has 2 N–H and O–H groups in total. The van der Waals surface area contributed by atoms with Crippen LogP contribution in [0.5, 0.6) is 5.75 Å². The van der Waals surface area contributed by atoms with E-state index < -0.39 is 6.04 Å². The second-order valence-electron chi connectivity index (χ2n) is 8.35. The molecule has 0 fully saturated rings. The maximum atomic E-state index is 13.5. The van der Waals surface area contributed by atoms with Gasteiger partial charge < -0.3 is 15.4 Å².